The second-order valence-electron chi connectivity index (χ2n) is 8.87. The Morgan fingerprint density at radius 1 is 1.21 bits per heavy atom. The molecule has 1 amide bonds. The van der Waals surface area contributed by atoms with E-state index in [1.165, 1.54) is 12.1 Å². The SMILES string of the molecule is Cn1cccc1C(=O)C1C(c2cccc(F)c2)C2CSCN2C12C(=O)Nc1ccc(Cl)cc12. The van der Waals surface area contributed by atoms with Gasteiger partial charge in [-0.25, -0.2) is 4.39 Å². The molecule has 3 aliphatic rings. The van der Waals surface area contributed by atoms with E-state index in [0.29, 0.717) is 22.3 Å². The zero-order valence-corrected chi connectivity index (χ0v) is 19.4. The van der Waals surface area contributed by atoms with Crippen molar-refractivity contribution < 1.29 is 14.0 Å². The molecule has 2 saturated heterocycles. The van der Waals surface area contributed by atoms with Gasteiger partial charge < -0.3 is 9.88 Å². The largest absolute Gasteiger partial charge is 0.348 e. The lowest BCUT2D eigenvalue weighted by Crippen LogP contribution is -2.53. The molecule has 2 aromatic carbocycles. The van der Waals surface area contributed by atoms with Crippen molar-refractivity contribution >= 4 is 40.7 Å². The standard InChI is InChI=1S/C25H21ClFN3O2S/c1-29-9-3-6-19(29)23(31)22-21(14-4-2-5-16(27)10-14)20-12-33-13-30(20)25(22)17-11-15(26)7-8-18(17)28-24(25)32/h2-11,20-22H,12-13H2,1H3,(H,28,32). The first-order valence-corrected chi connectivity index (χ1v) is 12.3. The molecule has 0 radical (unpaired) electrons. The summed E-state index contributed by atoms with van der Waals surface area (Å²) in [6, 6.07) is 15.3. The quantitative estimate of drug-likeness (QED) is 0.554. The van der Waals surface area contributed by atoms with Gasteiger partial charge in [0.1, 0.15) is 11.4 Å². The summed E-state index contributed by atoms with van der Waals surface area (Å²) in [5, 5.41) is 3.52. The third kappa shape index (κ3) is 2.82. The maximum absolute atomic E-state index is 14.4. The number of amides is 1. The van der Waals surface area contributed by atoms with E-state index in [2.05, 4.69) is 10.2 Å². The fourth-order valence-corrected chi connectivity index (χ4v) is 7.51. The molecule has 2 fully saturated rings. The third-order valence-electron chi connectivity index (χ3n) is 7.29. The number of nitrogens with zero attached hydrogens (tertiary/aromatic N) is 2. The highest BCUT2D eigenvalue weighted by Gasteiger charge is 2.69. The number of hydrogen-bond acceptors (Lipinski definition) is 4. The van der Waals surface area contributed by atoms with E-state index in [1.54, 1.807) is 46.7 Å². The Kier molecular flexibility index (Phi) is 4.73. The number of halogens is 2. The number of fused-ring (bicyclic) bond motifs is 4. The summed E-state index contributed by atoms with van der Waals surface area (Å²) in [7, 11) is 1.82. The van der Waals surface area contributed by atoms with Gasteiger partial charge in [-0.05, 0) is 48.0 Å². The lowest BCUT2D eigenvalue weighted by molar-refractivity contribution is -0.127. The molecule has 0 saturated carbocycles. The lowest BCUT2D eigenvalue weighted by atomic mass is 9.70. The molecule has 4 atom stereocenters. The van der Waals surface area contributed by atoms with E-state index in [0.717, 1.165) is 16.9 Å². The highest BCUT2D eigenvalue weighted by atomic mass is 35.5. The van der Waals surface area contributed by atoms with Crippen LogP contribution in [0, 0.1) is 11.7 Å². The minimum Gasteiger partial charge on any atom is -0.348 e. The van der Waals surface area contributed by atoms with Crippen LogP contribution in [0.5, 0.6) is 0 Å². The molecule has 0 bridgehead atoms. The zero-order chi connectivity index (χ0) is 22.9. The van der Waals surface area contributed by atoms with Crippen LogP contribution >= 0.6 is 23.4 Å². The van der Waals surface area contributed by atoms with Crippen LogP contribution in [0.1, 0.15) is 27.5 Å². The molecule has 33 heavy (non-hydrogen) atoms. The van der Waals surface area contributed by atoms with E-state index in [1.807, 2.05) is 25.4 Å². The maximum atomic E-state index is 14.4. The van der Waals surface area contributed by atoms with Crippen LogP contribution in [0.3, 0.4) is 0 Å². The monoisotopic (exact) mass is 481 g/mol. The Bertz CT molecular complexity index is 1310. The number of aryl methyl sites for hydroxylation is 1. The Balaban J connectivity index is 1.65. The molecule has 3 aromatic rings. The second kappa shape index (κ2) is 7.45. The summed E-state index contributed by atoms with van der Waals surface area (Å²) < 4.78 is 16.1. The number of thioether (sulfide) groups is 1. The highest BCUT2D eigenvalue weighted by Crippen LogP contribution is 2.61. The van der Waals surface area contributed by atoms with Crippen LogP contribution < -0.4 is 5.32 Å². The van der Waals surface area contributed by atoms with Gasteiger partial charge in [0.2, 0.25) is 5.91 Å². The number of aromatic nitrogens is 1. The van der Waals surface area contributed by atoms with Gasteiger partial charge in [0, 0.05) is 53.1 Å². The number of benzene rings is 2. The van der Waals surface area contributed by atoms with Crippen molar-refractivity contribution in [1.29, 1.82) is 0 Å². The van der Waals surface area contributed by atoms with Gasteiger partial charge in [0.15, 0.2) is 5.78 Å². The Morgan fingerprint density at radius 3 is 2.82 bits per heavy atom. The van der Waals surface area contributed by atoms with Crippen molar-refractivity contribution in [1.82, 2.24) is 9.47 Å². The number of hydrogen-bond donors (Lipinski definition) is 1. The van der Waals surface area contributed by atoms with Crippen LogP contribution in [0.25, 0.3) is 0 Å². The number of carbonyl (C=O) groups excluding carboxylic acids is 2. The molecule has 4 unspecified atom stereocenters. The lowest BCUT2D eigenvalue weighted by Gasteiger charge is -2.36. The molecule has 4 heterocycles. The van der Waals surface area contributed by atoms with Crippen molar-refractivity contribution in [3.05, 3.63) is 88.5 Å². The molecular weight excluding hydrogens is 461 g/mol. The zero-order valence-electron chi connectivity index (χ0n) is 17.8. The first-order valence-electron chi connectivity index (χ1n) is 10.8. The first kappa shape index (κ1) is 21.0. The van der Waals surface area contributed by atoms with Crippen LogP contribution in [-0.2, 0) is 17.4 Å². The van der Waals surface area contributed by atoms with Gasteiger partial charge in [-0.1, -0.05) is 23.7 Å². The van der Waals surface area contributed by atoms with Crippen molar-refractivity contribution in [2.45, 2.75) is 17.5 Å². The second-order valence-corrected chi connectivity index (χ2v) is 10.3. The average molecular weight is 482 g/mol. The number of nitrogens with one attached hydrogen (secondary N) is 1. The predicted molar refractivity (Wildman–Crippen MR) is 127 cm³/mol. The molecule has 3 aliphatic heterocycles. The van der Waals surface area contributed by atoms with Gasteiger partial charge in [-0.2, -0.15) is 0 Å². The molecule has 168 valence electrons. The summed E-state index contributed by atoms with van der Waals surface area (Å²) in [5.41, 5.74) is 1.44. The number of anilines is 1. The molecule has 1 N–H and O–H groups in total. The van der Waals surface area contributed by atoms with Crippen LogP contribution in [-0.4, -0.2) is 38.8 Å². The number of rotatable bonds is 3. The highest BCUT2D eigenvalue weighted by molar-refractivity contribution is 7.99. The van der Waals surface area contributed by atoms with Gasteiger partial charge >= 0.3 is 0 Å². The molecule has 6 rings (SSSR count). The fourth-order valence-electron chi connectivity index (χ4n) is 6.01. The first-order chi connectivity index (χ1) is 15.9. The smallest absolute Gasteiger partial charge is 0.250 e. The molecule has 0 aliphatic carbocycles. The van der Waals surface area contributed by atoms with Crippen LogP contribution in [0.15, 0.2) is 60.8 Å². The van der Waals surface area contributed by atoms with Gasteiger partial charge in [0.05, 0.1) is 11.6 Å². The Hall–Kier alpha value is -2.61. The fraction of sp³-hybridized carbons (Fsp3) is 0.280. The van der Waals surface area contributed by atoms with Crippen molar-refractivity contribution in [2.24, 2.45) is 13.0 Å². The van der Waals surface area contributed by atoms with E-state index < -0.39 is 11.5 Å². The number of Topliss-reactive ketones (excluding diaryl/α,β-unsaturated/α-hetero) is 1. The minimum absolute atomic E-state index is 0.0956. The predicted octanol–water partition coefficient (Wildman–Crippen LogP) is 4.64. The topological polar surface area (TPSA) is 54.3 Å². The van der Waals surface area contributed by atoms with Crippen molar-refractivity contribution in [2.75, 3.05) is 16.9 Å². The molecule has 5 nitrogen and oxygen atoms in total. The van der Waals surface area contributed by atoms with E-state index in [4.69, 9.17) is 11.6 Å². The van der Waals surface area contributed by atoms with Crippen LogP contribution in [0.4, 0.5) is 10.1 Å². The van der Waals surface area contributed by atoms with Crippen molar-refractivity contribution in [3.63, 3.8) is 0 Å². The average Bonchev–Trinajstić information content (AvgIpc) is 3.53. The normalized spacial score (nSPS) is 28.2. The maximum Gasteiger partial charge on any atom is 0.250 e. The molecule has 1 aromatic heterocycles. The summed E-state index contributed by atoms with van der Waals surface area (Å²) in [6.45, 7) is 0. The Labute approximate surface area is 199 Å². The molecule has 1 spiro atoms. The van der Waals surface area contributed by atoms with Crippen LogP contribution in [0.2, 0.25) is 5.02 Å². The van der Waals surface area contributed by atoms with Gasteiger partial charge in [0.25, 0.3) is 0 Å². The summed E-state index contributed by atoms with van der Waals surface area (Å²) in [6.07, 6.45) is 1.82. The van der Waals surface area contributed by atoms with E-state index >= 15 is 0 Å². The Morgan fingerprint density at radius 2 is 2.06 bits per heavy atom. The summed E-state index contributed by atoms with van der Waals surface area (Å²) >= 11 is 8.13. The van der Waals surface area contributed by atoms with Gasteiger partial charge in [-0.3, -0.25) is 14.5 Å². The van der Waals surface area contributed by atoms with Crippen molar-refractivity contribution in [3.8, 4) is 0 Å². The van der Waals surface area contributed by atoms with E-state index in [9.17, 15) is 14.0 Å². The third-order valence-corrected chi connectivity index (χ3v) is 8.57. The van der Waals surface area contributed by atoms with Gasteiger partial charge in [-0.15, -0.1) is 11.8 Å². The summed E-state index contributed by atoms with van der Waals surface area (Å²) in [4.78, 5) is 30.3. The molecular formula is C25H21ClFN3O2S. The van der Waals surface area contributed by atoms with E-state index in [-0.39, 0.29) is 29.5 Å². The number of carbonyl (C=O) groups is 2. The molecule has 8 heteroatoms. The summed E-state index contributed by atoms with van der Waals surface area (Å²) in [5.74, 6) is -0.435. The number of ketones is 1. The minimum atomic E-state index is -1.22.